The molecule has 0 spiro atoms. The minimum Gasteiger partial charge on any atom is -0.490 e. The van der Waals surface area contributed by atoms with Gasteiger partial charge in [-0.2, -0.15) is 0 Å². The Balaban J connectivity index is 1.84. The van der Waals surface area contributed by atoms with Crippen LogP contribution in [0.2, 0.25) is 0 Å². The summed E-state index contributed by atoms with van der Waals surface area (Å²) in [5.74, 6) is 0.759. The van der Waals surface area contributed by atoms with E-state index in [-0.39, 0.29) is 17.9 Å². The van der Waals surface area contributed by atoms with Gasteiger partial charge in [-0.15, -0.1) is 0 Å². The van der Waals surface area contributed by atoms with E-state index in [2.05, 4.69) is 5.32 Å². The van der Waals surface area contributed by atoms with Crippen LogP contribution in [0.1, 0.15) is 62.7 Å². The average molecular weight is 319 g/mol. The van der Waals surface area contributed by atoms with Crippen LogP contribution < -0.4 is 10.1 Å². The summed E-state index contributed by atoms with van der Waals surface area (Å²) in [7, 11) is 0. The molecule has 0 heterocycles. The highest BCUT2D eigenvalue weighted by Crippen LogP contribution is 2.23. The number of hydrogen-bond acceptors (Lipinski definition) is 3. The third kappa shape index (κ3) is 5.87. The Hall–Kier alpha value is -1.55. The van der Waals surface area contributed by atoms with Crippen LogP contribution in [0.25, 0.3) is 0 Å². The largest absolute Gasteiger partial charge is 0.490 e. The van der Waals surface area contributed by atoms with Crippen molar-refractivity contribution in [1.29, 1.82) is 0 Å². The first-order valence-corrected chi connectivity index (χ1v) is 8.66. The molecule has 0 atom stereocenters. The second-order valence-corrected chi connectivity index (χ2v) is 7.22. The fraction of sp³-hybridized carbons (Fsp3) is 0.632. The molecule has 23 heavy (non-hydrogen) atoms. The van der Waals surface area contributed by atoms with E-state index in [1.165, 1.54) is 19.3 Å². The smallest absolute Gasteiger partial charge is 0.251 e. The van der Waals surface area contributed by atoms with E-state index in [1.54, 1.807) is 0 Å². The van der Waals surface area contributed by atoms with Gasteiger partial charge in [0.05, 0.1) is 6.10 Å². The Morgan fingerprint density at radius 3 is 2.48 bits per heavy atom. The van der Waals surface area contributed by atoms with E-state index in [9.17, 15) is 4.79 Å². The van der Waals surface area contributed by atoms with Crippen LogP contribution in [0.5, 0.6) is 5.75 Å². The highest BCUT2D eigenvalue weighted by molar-refractivity contribution is 5.94. The third-order valence-electron chi connectivity index (χ3n) is 4.49. The van der Waals surface area contributed by atoms with Gasteiger partial charge in [-0.1, -0.05) is 20.3 Å². The molecule has 0 aromatic heterocycles. The van der Waals surface area contributed by atoms with Crippen molar-refractivity contribution in [2.45, 2.75) is 58.5 Å². The van der Waals surface area contributed by atoms with Gasteiger partial charge < -0.3 is 15.2 Å². The molecule has 4 nitrogen and oxygen atoms in total. The molecule has 1 aliphatic rings. The van der Waals surface area contributed by atoms with E-state index < -0.39 is 0 Å². The van der Waals surface area contributed by atoms with Gasteiger partial charge in [-0.25, -0.2) is 0 Å². The quantitative estimate of drug-likeness (QED) is 0.808. The summed E-state index contributed by atoms with van der Waals surface area (Å²) >= 11 is 0. The average Bonchev–Trinajstić information content (AvgIpc) is 2.54. The van der Waals surface area contributed by atoms with Crippen LogP contribution in [0.3, 0.4) is 0 Å². The van der Waals surface area contributed by atoms with Crippen LogP contribution >= 0.6 is 0 Å². The monoisotopic (exact) mass is 319 g/mol. The van der Waals surface area contributed by atoms with E-state index in [1.807, 2.05) is 38.1 Å². The molecule has 1 amide bonds. The van der Waals surface area contributed by atoms with Gasteiger partial charge in [0.1, 0.15) is 5.75 Å². The lowest BCUT2D eigenvalue weighted by Crippen LogP contribution is -2.34. The number of nitrogens with one attached hydrogen (secondary N) is 1. The van der Waals surface area contributed by atoms with Crippen LogP contribution in [-0.4, -0.2) is 30.3 Å². The molecule has 128 valence electrons. The van der Waals surface area contributed by atoms with Gasteiger partial charge in [0.15, 0.2) is 0 Å². The molecule has 0 aliphatic heterocycles. The molecular weight excluding hydrogens is 290 g/mol. The number of amides is 1. The van der Waals surface area contributed by atoms with E-state index in [0.29, 0.717) is 24.6 Å². The van der Waals surface area contributed by atoms with Crippen molar-refractivity contribution < 1.29 is 14.6 Å². The molecule has 0 radical (unpaired) electrons. The van der Waals surface area contributed by atoms with Crippen molar-refractivity contribution >= 4 is 5.91 Å². The topological polar surface area (TPSA) is 58.6 Å². The lowest BCUT2D eigenvalue weighted by Gasteiger charge is -2.24. The number of rotatable bonds is 7. The number of carbonyl (C=O) groups is 1. The zero-order valence-electron chi connectivity index (χ0n) is 14.3. The Morgan fingerprint density at radius 2 is 1.87 bits per heavy atom. The predicted octanol–water partition coefficient (Wildman–Crippen LogP) is 3.54. The first kappa shape index (κ1) is 17.8. The molecule has 1 fully saturated rings. The Labute approximate surface area is 139 Å². The summed E-state index contributed by atoms with van der Waals surface area (Å²) in [6.45, 7) is 4.75. The first-order chi connectivity index (χ1) is 11.0. The van der Waals surface area contributed by atoms with Gasteiger partial charge in [0.25, 0.3) is 5.91 Å². The van der Waals surface area contributed by atoms with Crippen molar-refractivity contribution in [2.24, 2.45) is 5.41 Å². The van der Waals surface area contributed by atoms with E-state index in [0.717, 1.165) is 18.6 Å². The van der Waals surface area contributed by atoms with Crippen molar-refractivity contribution in [1.82, 2.24) is 5.32 Å². The lowest BCUT2D eigenvalue weighted by molar-refractivity contribution is 0.0928. The summed E-state index contributed by atoms with van der Waals surface area (Å²) in [5.41, 5.74) is 0.537. The number of aliphatic hydroxyl groups excluding tert-OH is 1. The van der Waals surface area contributed by atoms with Crippen molar-refractivity contribution in [3.05, 3.63) is 29.8 Å². The molecule has 2 rings (SSSR count). The molecular formula is C19H29NO3. The summed E-state index contributed by atoms with van der Waals surface area (Å²) in [5, 5.41) is 12.0. The molecule has 1 saturated carbocycles. The second-order valence-electron chi connectivity index (χ2n) is 7.22. The number of hydrogen-bond donors (Lipinski definition) is 2. The predicted molar refractivity (Wildman–Crippen MR) is 91.8 cm³/mol. The molecule has 2 N–H and O–H groups in total. The fourth-order valence-corrected chi connectivity index (χ4v) is 2.87. The summed E-state index contributed by atoms with van der Waals surface area (Å²) < 4.78 is 5.98. The maximum atomic E-state index is 12.2. The minimum absolute atomic E-state index is 0.0831. The molecule has 0 saturated heterocycles. The minimum atomic E-state index is -0.103. The highest BCUT2D eigenvalue weighted by Gasteiger charge is 2.19. The van der Waals surface area contributed by atoms with Gasteiger partial charge in [0.2, 0.25) is 0 Å². The highest BCUT2D eigenvalue weighted by atomic mass is 16.5. The molecule has 0 bridgehead atoms. The Bertz CT molecular complexity index is 490. The summed E-state index contributed by atoms with van der Waals surface area (Å²) in [6, 6.07) is 7.38. The molecule has 1 aromatic carbocycles. The SMILES string of the molecule is CC(C)(CCO)CNC(=O)c1ccc(OC2CCCCC2)cc1. The maximum Gasteiger partial charge on any atom is 0.251 e. The number of ether oxygens (including phenoxy) is 1. The van der Waals surface area contributed by atoms with Crippen LogP contribution in [0.15, 0.2) is 24.3 Å². The molecule has 1 aromatic rings. The Morgan fingerprint density at radius 1 is 1.22 bits per heavy atom. The zero-order chi connectivity index (χ0) is 16.7. The number of carbonyl (C=O) groups excluding carboxylic acids is 1. The van der Waals surface area contributed by atoms with Crippen molar-refractivity contribution in [3.8, 4) is 5.75 Å². The summed E-state index contributed by atoms with van der Waals surface area (Å²) in [4.78, 5) is 12.2. The van der Waals surface area contributed by atoms with Gasteiger partial charge in [-0.3, -0.25) is 4.79 Å². The van der Waals surface area contributed by atoms with Crippen molar-refractivity contribution in [3.63, 3.8) is 0 Å². The standard InChI is InChI=1S/C19H29NO3/c1-19(2,12-13-21)14-20-18(22)15-8-10-17(11-9-15)23-16-6-4-3-5-7-16/h8-11,16,21H,3-7,12-14H2,1-2H3,(H,20,22). The molecule has 1 aliphatic carbocycles. The van der Waals surface area contributed by atoms with Gasteiger partial charge in [0, 0.05) is 18.7 Å². The third-order valence-corrected chi connectivity index (χ3v) is 4.49. The Kier molecular flexibility index (Phi) is 6.46. The normalized spacial score (nSPS) is 16.1. The fourth-order valence-electron chi connectivity index (χ4n) is 2.87. The van der Waals surface area contributed by atoms with Crippen LogP contribution in [0, 0.1) is 5.41 Å². The summed E-state index contributed by atoms with van der Waals surface area (Å²) in [6.07, 6.45) is 7.05. The van der Waals surface area contributed by atoms with Crippen molar-refractivity contribution in [2.75, 3.05) is 13.2 Å². The maximum absolute atomic E-state index is 12.2. The molecule has 4 heteroatoms. The van der Waals surface area contributed by atoms with Gasteiger partial charge >= 0.3 is 0 Å². The second kappa shape index (κ2) is 8.34. The van der Waals surface area contributed by atoms with Crippen LogP contribution in [0.4, 0.5) is 0 Å². The molecule has 0 unspecified atom stereocenters. The van der Waals surface area contributed by atoms with E-state index in [4.69, 9.17) is 9.84 Å². The lowest BCUT2D eigenvalue weighted by atomic mass is 9.89. The van der Waals surface area contributed by atoms with Crippen LogP contribution in [-0.2, 0) is 0 Å². The van der Waals surface area contributed by atoms with E-state index >= 15 is 0 Å². The number of benzene rings is 1. The zero-order valence-corrected chi connectivity index (χ0v) is 14.3. The first-order valence-electron chi connectivity index (χ1n) is 8.66. The number of aliphatic hydroxyl groups is 1. The van der Waals surface area contributed by atoms with Gasteiger partial charge in [-0.05, 0) is 61.8 Å².